The van der Waals surface area contributed by atoms with Gasteiger partial charge in [0.05, 0.1) is 12.5 Å². The van der Waals surface area contributed by atoms with Crippen LogP contribution in [0, 0.1) is 0 Å². The zero-order chi connectivity index (χ0) is 10.1. The topological polar surface area (TPSA) is 38.3 Å². The molecule has 0 spiro atoms. The number of anilines is 1. The maximum Gasteiger partial charge on any atom is 0.330 e. The Hall–Kier alpha value is -1.22. The first-order chi connectivity index (χ1) is 6.74. The van der Waals surface area contributed by atoms with Crippen LogP contribution in [0.1, 0.15) is 10.9 Å². The summed E-state index contributed by atoms with van der Waals surface area (Å²) in [4.78, 5) is 11.3. The van der Waals surface area contributed by atoms with Gasteiger partial charge in [0, 0.05) is 5.69 Å². The van der Waals surface area contributed by atoms with E-state index in [1.807, 2.05) is 24.3 Å². The van der Waals surface area contributed by atoms with Crippen molar-refractivity contribution in [2.75, 3.05) is 12.4 Å². The van der Waals surface area contributed by atoms with Gasteiger partial charge in [-0.3, -0.25) is 0 Å². The molecule has 1 N–H and O–H groups in total. The van der Waals surface area contributed by atoms with Crippen LogP contribution < -0.4 is 5.32 Å². The fourth-order valence-corrected chi connectivity index (χ4v) is 1.95. The van der Waals surface area contributed by atoms with Crippen molar-refractivity contribution < 1.29 is 9.53 Å². The molecule has 2 unspecified atom stereocenters. The Bertz CT molecular complexity index is 367. The lowest BCUT2D eigenvalue weighted by atomic mass is 10.1. The molecule has 4 heteroatoms. The fraction of sp³-hybridized carbons (Fsp3) is 0.300. The first kappa shape index (κ1) is 9.34. The van der Waals surface area contributed by atoms with Gasteiger partial charge in [0.1, 0.15) is 6.04 Å². The smallest absolute Gasteiger partial charge is 0.330 e. The van der Waals surface area contributed by atoms with Crippen molar-refractivity contribution in [2.24, 2.45) is 0 Å². The quantitative estimate of drug-likeness (QED) is 0.570. The minimum atomic E-state index is -0.473. The van der Waals surface area contributed by atoms with Crippen molar-refractivity contribution in [3.05, 3.63) is 29.8 Å². The SMILES string of the molecule is COC(=O)C1Nc2ccccc2C1Cl. The van der Waals surface area contributed by atoms with Gasteiger partial charge in [-0.15, -0.1) is 11.6 Å². The van der Waals surface area contributed by atoms with E-state index >= 15 is 0 Å². The Morgan fingerprint density at radius 3 is 2.86 bits per heavy atom. The number of alkyl halides is 1. The van der Waals surface area contributed by atoms with Crippen LogP contribution in [0.3, 0.4) is 0 Å². The third kappa shape index (κ3) is 1.34. The number of carbonyl (C=O) groups is 1. The van der Waals surface area contributed by atoms with Crippen molar-refractivity contribution >= 4 is 23.3 Å². The lowest BCUT2D eigenvalue weighted by Crippen LogP contribution is -2.29. The molecule has 1 aliphatic rings. The molecule has 0 fully saturated rings. The van der Waals surface area contributed by atoms with Crippen molar-refractivity contribution in [1.29, 1.82) is 0 Å². The lowest BCUT2D eigenvalue weighted by molar-refractivity contribution is -0.141. The number of hydrogen-bond donors (Lipinski definition) is 1. The van der Waals surface area contributed by atoms with Crippen molar-refractivity contribution in [3.8, 4) is 0 Å². The molecule has 0 saturated carbocycles. The highest BCUT2D eigenvalue weighted by Crippen LogP contribution is 2.38. The van der Waals surface area contributed by atoms with Gasteiger partial charge >= 0.3 is 5.97 Å². The van der Waals surface area contributed by atoms with Crippen molar-refractivity contribution in [1.82, 2.24) is 0 Å². The number of carbonyl (C=O) groups excluding carboxylic acids is 1. The van der Waals surface area contributed by atoms with Crippen LogP contribution in [0.5, 0.6) is 0 Å². The second-order valence-electron chi connectivity index (χ2n) is 3.13. The van der Waals surface area contributed by atoms with Gasteiger partial charge < -0.3 is 10.1 Å². The van der Waals surface area contributed by atoms with Crippen LogP contribution >= 0.6 is 11.6 Å². The van der Waals surface area contributed by atoms with E-state index in [2.05, 4.69) is 10.1 Å². The van der Waals surface area contributed by atoms with E-state index in [0.29, 0.717) is 0 Å². The van der Waals surface area contributed by atoms with E-state index in [1.54, 1.807) is 0 Å². The van der Waals surface area contributed by atoms with Crippen LogP contribution in [-0.2, 0) is 9.53 Å². The molecule has 74 valence electrons. The Morgan fingerprint density at radius 2 is 2.21 bits per heavy atom. The number of nitrogens with one attached hydrogen (secondary N) is 1. The van der Waals surface area contributed by atoms with Crippen molar-refractivity contribution in [2.45, 2.75) is 11.4 Å². The Labute approximate surface area is 87.0 Å². The number of rotatable bonds is 1. The van der Waals surface area contributed by atoms with E-state index < -0.39 is 6.04 Å². The van der Waals surface area contributed by atoms with Crippen molar-refractivity contribution in [3.63, 3.8) is 0 Å². The highest BCUT2D eigenvalue weighted by molar-refractivity contribution is 6.24. The minimum absolute atomic E-state index is 0.332. The third-order valence-corrected chi connectivity index (χ3v) is 2.80. The molecule has 1 aromatic rings. The third-order valence-electron chi connectivity index (χ3n) is 2.32. The van der Waals surface area contributed by atoms with Crippen LogP contribution in [0.4, 0.5) is 5.69 Å². The number of esters is 1. The molecule has 14 heavy (non-hydrogen) atoms. The number of fused-ring (bicyclic) bond motifs is 1. The van der Waals surface area contributed by atoms with E-state index in [0.717, 1.165) is 11.3 Å². The summed E-state index contributed by atoms with van der Waals surface area (Å²) in [7, 11) is 1.36. The molecule has 3 nitrogen and oxygen atoms in total. The Kier molecular flexibility index (Phi) is 2.33. The zero-order valence-corrected chi connectivity index (χ0v) is 8.41. The van der Waals surface area contributed by atoms with Crippen LogP contribution in [0.15, 0.2) is 24.3 Å². The Morgan fingerprint density at radius 1 is 1.50 bits per heavy atom. The normalized spacial score (nSPS) is 23.9. The molecule has 1 aliphatic heterocycles. The standard InChI is InChI=1S/C10H10ClNO2/c1-14-10(13)9-8(11)6-4-2-3-5-7(6)12-9/h2-5,8-9,12H,1H3. The highest BCUT2D eigenvalue weighted by Gasteiger charge is 2.36. The van der Waals surface area contributed by atoms with Gasteiger partial charge in [0.2, 0.25) is 0 Å². The molecule has 0 saturated heterocycles. The number of ether oxygens (including phenoxy) is 1. The summed E-state index contributed by atoms with van der Waals surface area (Å²) in [6.07, 6.45) is 0. The molecule has 2 atom stereocenters. The molecule has 0 radical (unpaired) electrons. The summed E-state index contributed by atoms with van der Waals surface area (Å²) in [5, 5.41) is 2.68. The molecule has 0 aromatic heterocycles. The zero-order valence-electron chi connectivity index (χ0n) is 7.66. The van der Waals surface area contributed by atoms with Gasteiger partial charge in [-0.2, -0.15) is 0 Å². The summed E-state index contributed by atoms with van der Waals surface area (Å²) in [6, 6.07) is 7.13. The maximum atomic E-state index is 11.3. The number of halogens is 1. The first-order valence-electron chi connectivity index (χ1n) is 4.31. The largest absolute Gasteiger partial charge is 0.467 e. The van der Waals surface area contributed by atoms with Gasteiger partial charge in [0.15, 0.2) is 0 Å². The molecule has 0 aliphatic carbocycles. The van der Waals surface area contributed by atoms with E-state index in [4.69, 9.17) is 11.6 Å². The highest BCUT2D eigenvalue weighted by atomic mass is 35.5. The summed E-state index contributed by atoms with van der Waals surface area (Å²) in [5.41, 5.74) is 1.85. The predicted octanol–water partition coefficient (Wildman–Crippen LogP) is 1.93. The van der Waals surface area contributed by atoms with E-state index in [-0.39, 0.29) is 11.3 Å². The fourth-order valence-electron chi connectivity index (χ4n) is 1.59. The summed E-state index contributed by atoms with van der Waals surface area (Å²) >= 11 is 6.12. The number of para-hydroxylation sites is 1. The number of benzene rings is 1. The van der Waals surface area contributed by atoms with Gasteiger partial charge in [-0.1, -0.05) is 18.2 Å². The monoisotopic (exact) mass is 211 g/mol. The Balaban J connectivity index is 2.30. The van der Waals surface area contributed by atoms with Gasteiger partial charge in [0.25, 0.3) is 0 Å². The molecule has 0 amide bonds. The average molecular weight is 212 g/mol. The summed E-state index contributed by atoms with van der Waals surface area (Å²) in [5.74, 6) is -0.332. The van der Waals surface area contributed by atoms with Crippen LogP contribution in [0.2, 0.25) is 0 Å². The molecule has 0 bridgehead atoms. The van der Waals surface area contributed by atoms with E-state index in [9.17, 15) is 4.79 Å². The van der Waals surface area contributed by atoms with Gasteiger partial charge in [-0.05, 0) is 11.6 Å². The molecular formula is C10H10ClNO2. The summed E-state index contributed by atoms with van der Waals surface area (Å²) < 4.78 is 4.65. The van der Waals surface area contributed by atoms with Crippen LogP contribution in [0.25, 0.3) is 0 Å². The number of hydrogen-bond acceptors (Lipinski definition) is 3. The second-order valence-corrected chi connectivity index (χ2v) is 3.60. The minimum Gasteiger partial charge on any atom is -0.467 e. The molecular weight excluding hydrogens is 202 g/mol. The second kappa shape index (κ2) is 3.50. The summed E-state index contributed by atoms with van der Waals surface area (Å²) in [6.45, 7) is 0. The molecule has 2 rings (SSSR count). The maximum absolute atomic E-state index is 11.3. The predicted molar refractivity (Wildman–Crippen MR) is 54.5 cm³/mol. The van der Waals surface area contributed by atoms with Crippen LogP contribution in [-0.4, -0.2) is 19.1 Å². The van der Waals surface area contributed by atoms with E-state index in [1.165, 1.54) is 7.11 Å². The first-order valence-corrected chi connectivity index (χ1v) is 4.75. The molecule has 1 aromatic carbocycles. The lowest BCUT2D eigenvalue weighted by Gasteiger charge is -2.11. The average Bonchev–Trinajstić information content (AvgIpc) is 2.56. The number of methoxy groups -OCH3 is 1. The molecule has 1 heterocycles. The van der Waals surface area contributed by atoms with Gasteiger partial charge in [-0.25, -0.2) is 4.79 Å².